The lowest BCUT2D eigenvalue weighted by Gasteiger charge is -2.42. The van der Waals surface area contributed by atoms with Crippen LogP contribution in [0.3, 0.4) is 0 Å². The second-order valence-electron chi connectivity index (χ2n) is 15.7. The maximum absolute atomic E-state index is 17.8. The fourth-order valence-corrected chi connectivity index (χ4v) is 10.2. The van der Waals surface area contributed by atoms with E-state index in [-0.39, 0.29) is 52.7 Å². The first-order valence-electron chi connectivity index (χ1n) is 18.9. The fraction of sp³-hybridized carbons (Fsp3) is 0.488. The molecule has 5 atom stereocenters. The minimum atomic E-state index is -0.929. The zero-order valence-electron chi connectivity index (χ0n) is 30.8. The summed E-state index contributed by atoms with van der Waals surface area (Å²) in [7, 11) is 1.77. The van der Waals surface area contributed by atoms with E-state index in [2.05, 4.69) is 33.8 Å². The van der Waals surface area contributed by atoms with Crippen molar-refractivity contribution in [2.45, 2.75) is 74.5 Å². The van der Waals surface area contributed by atoms with Crippen LogP contribution in [0.4, 0.5) is 19.0 Å². The van der Waals surface area contributed by atoms with Gasteiger partial charge in [-0.2, -0.15) is 26.8 Å². The van der Waals surface area contributed by atoms with Crippen molar-refractivity contribution in [2.75, 3.05) is 50.5 Å². The van der Waals surface area contributed by atoms with Gasteiger partial charge in [0.25, 0.3) is 0 Å². The molecule has 54 heavy (non-hydrogen) atoms. The van der Waals surface area contributed by atoms with Crippen molar-refractivity contribution in [3.05, 3.63) is 47.7 Å². The SMILES string of the molecule is C#Cc1c(F)ccc2cc(O)cc(-c3c(F)c4nc(OC[C@@]56CCCN5C[C@H](F)C6)nc(N5C6CCC5CN(CCC(C)SC)C6)c4c4cn(C)nc34)c12. The molecule has 2 bridgehead atoms. The third-order valence-corrected chi connectivity index (χ3v) is 13.4. The Morgan fingerprint density at radius 2 is 1.91 bits per heavy atom. The van der Waals surface area contributed by atoms with Gasteiger partial charge in [0.05, 0.1) is 16.5 Å². The van der Waals surface area contributed by atoms with Gasteiger partial charge in [0.2, 0.25) is 0 Å². The molecule has 9 nitrogen and oxygen atoms in total. The van der Waals surface area contributed by atoms with Gasteiger partial charge < -0.3 is 14.7 Å². The van der Waals surface area contributed by atoms with Crippen molar-refractivity contribution in [1.29, 1.82) is 0 Å². The Hall–Kier alpha value is -4.25. The van der Waals surface area contributed by atoms with Gasteiger partial charge in [-0.1, -0.05) is 18.9 Å². The minimum Gasteiger partial charge on any atom is -0.508 e. The van der Waals surface area contributed by atoms with E-state index in [9.17, 15) is 9.50 Å². The average molecular weight is 756 g/mol. The van der Waals surface area contributed by atoms with Crippen molar-refractivity contribution in [2.24, 2.45) is 7.05 Å². The summed E-state index contributed by atoms with van der Waals surface area (Å²) >= 11 is 1.88. The van der Waals surface area contributed by atoms with Crippen molar-refractivity contribution in [3.63, 3.8) is 0 Å². The maximum atomic E-state index is 17.8. The number of aryl methyl sites for hydroxylation is 1. The summed E-state index contributed by atoms with van der Waals surface area (Å²) in [5.74, 6) is 1.58. The number of ether oxygens (including phenoxy) is 1. The van der Waals surface area contributed by atoms with E-state index in [0.717, 1.165) is 58.3 Å². The van der Waals surface area contributed by atoms with Crippen molar-refractivity contribution < 1.29 is 23.0 Å². The number of anilines is 1. The number of hydrogen-bond acceptors (Lipinski definition) is 9. The number of phenols is 1. The number of hydrogen-bond donors (Lipinski definition) is 1. The third-order valence-electron chi connectivity index (χ3n) is 12.4. The van der Waals surface area contributed by atoms with Gasteiger partial charge in [-0.25, -0.2) is 13.2 Å². The van der Waals surface area contributed by atoms with Crippen LogP contribution in [0.25, 0.3) is 43.7 Å². The molecule has 3 aromatic carbocycles. The second-order valence-corrected chi connectivity index (χ2v) is 17.0. The van der Waals surface area contributed by atoms with Crippen LogP contribution >= 0.6 is 11.8 Å². The predicted molar refractivity (Wildman–Crippen MR) is 208 cm³/mol. The van der Waals surface area contributed by atoms with Gasteiger partial charge in [-0.05, 0) is 80.6 Å². The van der Waals surface area contributed by atoms with Crippen LogP contribution in [0, 0.1) is 24.0 Å². The lowest BCUT2D eigenvalue weighted by molar-refractivity contribution is 0.107. The molecule has 282 valence electrons. The van der Waals surface area contributed by atoms with Gasteiger partial charge in [0, 0.05) is 73.0 Å². The van der Waals surface area contributed by atoms with Crippen LogP contribution in [0.5, 0.6) is 11.8 Å². The molecule has 5 aromatic rings. The van der Waals surface area contributed by atoms with Crippen LogP contribution in [-0.4, -0.2) is 109 Å². The van der Waals surface area contributed by atoms with Gasteiger partial charge in [0.1, 0.15) is 41.2 Å². The summed E-state index contributed by atoms with van der Waals surface area (Å²) in [6.07, 6.45) is 14.1. The molecule has 0 saturated carbocycles. The molecule has 4 aliphatic heterocycles. The molecule has 0 radical (unpaired) electrons. The molecule has 2 aromatic heterocycles. The van der Waals surface area contributed by atoms with E-state index in [1.165, 1.54) is 24.3 Å². The van der Waals surface area contributed by atoms with Gasteiger partial charge in [0.15, 0.2) is 5.82 Å². The van der Waals surface area contributed by atoms with Gasteiger partial charge in [-0.15, -0.1) is 6.42 Å². The number of aromatic nitrogens is 4. The van der Waals surface area contributed by atoms with Crippen LogP contribution in [0.15, 0.2) is 30.5 Å². The van der Waals surface area contributed by atoms with Crippen LogP contribution < -0.4 is 9.64 Å². The maximum Gasteiger partial charge on any atom is 0.319 e. The number of thioether (sulfide) groups is 1. The van der Waals surface area contributed by atoms with E-state index in [1.54, 1.807) is 11.7 Å². The van der Waals surface area contributed by atoms with Crippen LogP contribution in [0.1, 0.15) is 51.0 Å². The van der Waals surface area contributed by atoms with E-state index in [0.29, 0.717) is 51.1 Å². The number of rotatable bonds is 9. The number of fused-ring (bicyclic) bond motifs is 7. The third kappa shape index (κ3) is 5.75. The first-order chi connectivity index (χ1) is 26.1. The summed E-state index contributed by atoms with van der Waals surface area (Å²) in [5, 5.41) is 18.1. The summed E-state index contributed by atoms with van der Waals surface area (Å²) in [6, 6.07) is 5.97. The number of alkyl halides is 1. The Balaban J connectivity index is 1.24. The summed E-state index contributed by atoms with van der Waals surface area (Å²) in [4.78, 5) is 17.0. The number of likely N-dealkylation sites (tertiary alicyclic amines) is 1. The molecule has 0 amide bonds. The molecular formula is C41H44F3N7O2S. The Kier molecular flexibility index (Phi) is 8.86. The zero-order valence-corrected chi connectivity index (χ0v) is 31.6. The molecule has 1 N–H and O–H groups in total. The molecule has 13 heteroatoms. The van der Waals surface area contributed by atoms with E-state index in [4.69, 9.17) is 26.2 Å². The Morgan fingerprint density at radius 1 is 1.11 bits per heavy atom. The molecule has 6 heterocycles. The highest BCUT2D eigenvalue weighted by Crippen LogP contribution is 2.47. The number of terminal acetylenes is 1. The number of halogens is 3. The molecule has 9 rings (SSSR count). The molecule has 4 fully saturated rings. The first kappa shape index (κ1) is 35.5. The summed E-state index contributed by atoms with van der Waals surface area (Å²) < 4.78 is 55.9. The number of benzene rings is 3. The summed E-state index contributed by atoms with van der Waals surface area (Å²) in [5.41, 5.74) is 0.108. The van der Waals surface area contributed by atoms with E-state index >= 15 is 8.78 Å². The molecular weight excluding hydrogens is 712 g/mol. The fourth-order valence-electron chi connectivity index (χ4n) is 9.82. The quantitative estimate of drug-likeness (QED) is 0.159. The number of aromatic hydroxyl groups is 1. The minimum absolute atomic E-state index is 0.0286. The van der Waals surface area contributed by atoms with Crippen molar-refractivity contribution in [3.8, 4) is 35.2 Å². The molecule has 0 spiro atoms. The first-order valence-corrected chi connectivity index (χ1v) is 20.2. The zero-order chi connectivity index (χ0) is 37.5. The Bertz CT molecular complexity index is 2330. The normalized spacial score (nSPS) is 24.9. The molecule has 0 aliphatic carbocycles. The second kappa shape index (κ2) is 13.5. The number of piperazine rings is 1. The largest absolute Gasteiger partial charge is 0.508 e. The monoisotopic (exact) mass is 755 g/mol. The van der Waals surface area contributed by atoms with Crippen molar-refractivity contribution >= 4 is 50.2 Å². The highest BCUT2D eigenvalue weighted by Gasteiger charge is 2.50. The molecule has 3 unspecified atom stereocenters. The highest BCUT2D eigenvalue weighted by molar-refractivity contribution is 7.99. The number of nitrogens with zero attached hydrogens (tertiary/aromatic N) is 7. The van der Waals surface area contributed by atoms with Gasteiger partial charge in [-0.3, -0.25) is 14.5 Å². The summed E-state index contributed by atoms with van der Waals surface area (Å²) in [6.45, 7) is 6.39. The van der Waals surface area contributed by atoms with E-state index in [1.807, 2.05) is 18.0 Å². The Labute approximate surface area is 316 Å². The van der Waals surface area contributed by atoms with Crippen LogP contribution in [0.2, 0.25) is 0 Å². The van der Waals surface area contributed by atoms with Crippen molar-refractivity contribution in [1.82, 2.24) is 29.5 Å². The lowest BCUT2D eigenvalue weighted by Crippen LogP contribution is -2.54. The number of phenolic OH excluding ortho intramolecular Hbond substituents is 1. The molecule has 4 aliphatic rings. The smallest absolute Gasteiger partial charge is 0.319 e. The van der Waals surface area contributed by atoms with Crippen LogP contribution in [-0.2, 0) is 7.05 Å². The standard InChI is InChI=1S/C41H44F3N7O2S/c1-5-29-32(43)10-7-24-15-28(52)16-30(33(24)29)34-36(44)38-35(31-21-48(3)47-37(31)34)39(51-26-8-9-27(51)20-49(19-26)14-11-23(2)54-4)46-40(45-38)53-22-41-12-6-13-50(41)18-25(42)17-41/h1,7,10,15-16,21,23,25-27,52H,6,8-9,11-14,17-20,22H2,2-4H3/t23?,25-,26?,27?,41+/m1/s1. The Morgan fingerprint density at radius 3 is 2.67 bits per heavy atom. The van der Waals surface area contributed by atoms with E-state index < -0.39 is 23.3 Å². The predicted octanol–water partition coefficient (Wildman–Crippen LogP) is 7.05. The van der Waals surface area contributed by atoms with Gasteiger partial charge >= 0.3 is 6.01 Å². The highest BCUT2D eigenvalue weighted by atomic mass is 32.2. The average Bonchev–Trinajstić information content (AvgIpc) is 3.88. The topological polar surface area (TPSA) is 82.8 Å². The lowest BCUT2D eigenvalue weighted by atomic mass is 9.91. The molecule has 4 saturated heterocycles.